The van der Waals surface area contributed by atoms with Crippen LogP contribution in [-0.4, -0.2) is 74.1 Å². The zero-order valence-corrected chi connectivity index (χ0v) is 17.1. The molecule has 2 aliphatic rings. The molecule has 2 heterocycles. The number of carbonyl (C=O) groups excluding carboxylic acids is 2. The minimum atomic E-state index is -0.341. The first kappa shape index (κ1) is 21.1. The number of amides is 2. The van der Waals surface area contributed by atoms with E-state index in [2.05, 4.69) is 15.5 Å². The maximum Gasteiger partial charge on any atom is 0.238 e. The molecule has 2 aromatic carbocycles. The van der Waals surface area contributed by atoms with Crippen LogP contribution in [0.2, 0.25) is 0 Å². The number of benzene rings is 2. The van der Waals surface area contributed by atoms with Crippen molar-refractivity contribution in [3.63, 3.8) is 0 Å². The lowest BCUT2D eigenvalue weighted by molar-refractivity contribution is -0.120. The minimum Gasteiger partial charge on any atom is -0.486 e. The van der Waals surface area contributed by atoms with Crippen LogP contribution in [-0.2, 0) is 9.59 Å². The SMILES string of the molecule is O=C(CN1CCN(CC(=O)Nc2ccc3c(c2)OCCO3)CC1)Nc1ccc(F)cc1. The Kier molecular flexibility index (Phi) is 6.63. The molecule has 2 aromatic rings. The molecular weight excluding hydrogens is 403 g/mol. The van der Waals surface area contributed by atoms with Gasteiger partial charge >= 0.3 is 0 Å². The maximum absolute atomic E-state index is 12.9. The van der Waals surface area contributed by atoms with Crippen molar-refractivity contribution in [3.05, 3.63) is 48.3 Å². The van der Waals surface area contributed by atoms with Gasteiger partial charge < -0.3 is 20.1 Å². The maximum atomic E-state index is 12.9. The molecule has 0 aliphatic carbocycles. The predicted molar refractivity (Wildman–Crippen MR) is 114 cm³/mol. The number of carbonyl (C=O) groups is 2. The molecule has 0 bridgehead atoms. The molecule has 8 nitrogen and oxygen atoms in total. The highest BCUT2D eigenvalue weighted by atomic mass is 19.1. The highest BCUT2D eigenvalue weighted by Gasteiger charge is 2.21. The summed E-state index contributed by atoms with van der Waals surface area (Å²) in [5.74, 6) is 0.739. The molecule has 1 saturated heterocycles. The van der Waals surface area contributed by atoms with Crippen molar-refractivity contribution in [2.45, 2.75) is 0 Å². The molecule has 0 aromatic heterocycles. The molecule has 0 spiro atoms. The van der Waals surface area contributed by atoms with E-state index in [-0.39, 0.29) is 30.7 Å². The van der Waals surface area contributed by atoms with Crippen LogP contribution in [0.4, 0.5) is 15.8 Å². The second kappa shape index (κ2) is 9.76. The fraction of sp³-hybridized carbons (Fsp3) is 0.364. The Morgan fingerprint density at radius 3 is 1.90 bits per heavy atom. The van der Waals surface area contributed by atoms with Crippen LogP contribution in [0, 0.1) is 5.82 Å². The van der Waals surface area contributed by atoms with E-state index in [1.807, 2.05) is 4.90 Å². The number of hydrogen-bond donors (Lipinski definition) is 2. The minimum absolute atomic E-state index is 0.0980. The molecule has 2 N–H and O–H groups in total. The van der Waals surface area contributed by atoms with Gasteiger partial charge in [0.05, 0.1) is 13.1 Å². The van der Waals surface area contributed by atoms with Crippen LogP contribution in [0.15, 0.2) is 42.5 Å². The van der Waals surface area contributed by atoms with E-state index in [1.165, 1.54) is 24.3 Å². The van der Waals surface area contributed by atoms with Gasteiger partial charge in [-0.15, -0.1) is 0 Å². The molecule has 164 valence electrons. The van der Waals surface area contributed by atoms with Crippen LogP contribution in [0.5, 0.6) is 11.5 Å². The van der Waals surface area contributed by atoms with E-state index in [4.69, 9.17) is 9.47 Å². The number of ether oxygens (including phenoxy) is 2. The third kappa shape index (κ3) is 5.93. The van der Waals surface area contributed by atoms with Gasteiger partial charge in [-0.2, -0.15) is 0 Å². The molecule has 9 heteroatoms. The molecule has 31 heavy (non-hydrogen) atoms. The quantitative estimate of drug-likeness (QED) is 0.730. The zero-order valence-electron chi connectivity index (χ0n) is 17.1. The standard InChI is InChI=1S/C22H25FN4O4/c23-16-1-3-17(4-2-16)24-21(28)14-26-7-9-27(10-8-26)15-22(29)25-18-5-6-19-20(13-18)31-12-11-30-19/h1-6,13H,7-12,14-15H2,(H,24,28)(H,25,29). The Bertz CT molecular complexity index is 930. The summed E-state index contributed by atoms with van der Waals surface area (Å²) in [7, 11) is 0. The number of fused-ring (bicyclic) bond motifs is 1. The van der Waals surface area contributed by atoms with E-state index < -0.39 is 0 Å². The number of hydrogen-bond acceptors (Lipinski definition) is 6. The van der Waals surface area contributed by atoms with Gasteiger partial charge in [-0.1, -0.05) is 0 Å². The monoisotopic (exact) mass is 428 g/mol. The topological polar surface area (TPSA) is 83.1 Å². The van der Waals surface area contributed by atoms with Crippen LogP contribution in [0.1, 0.15) is 0 Å². The summed E-state index contributed by atoms with van der Waals surface area (Å²) < 4.78 is 24.0. The zero-order chi connectivity index (χ0) is 21.6. The van der Waals surface area contributed by atoms with Crippen LogP contribution < -0.4 is 20.1 Å². The number of halogens is 1. The van der Waals surface area contributed by atoms with Gasteiger partial charge in [0.25, 0.3) is 0 Å². The lowest BCUT2D eigenvalue weighted by atomic mass is 10.2. The second-order valence-corrected chi connectivity index (χ2v) is 7.51. The molecule has 2 amide bonds. The summed E-state index contributed by atoms with van der Waals surface area (Å²) in [5.41, 5.74) is 1.24. The van der Waals surface area contributed by atoms with Gasteiger partial charge in [0.1, 0.15) is 19.0 Å². The van der Waals surface area contributed by atoms with Crippen molar-refractivity contribution < 1.29 is 23.5 Å². The summed E-state index contributed by atoms with van der Waals surface area (Å²) >= 11 is 0. The number of rotatable bonds is 6. The van der Waals surface area contributed by atoms with Crippen molar-refractivity contribution in [1.29, 1.82) is 0 Å². The first-order valence-corrected chi connectivity index (χ1v) is 10.2. The third-order valence-corrected chi connectivity index (χ3v) is 5.15. The van der Waals surface area contributed by atoms with Gasteiger partial charge in [0, 0.05) is 43.6 Å². The Balaban J connectivity index is 1.18. The van der Waals surface area contributed by atoms with E-state index in [0.717, 1.165) is 0 Å². The van der Waals surface area contributed by atoms with Crippen molar-refractivity contribution in [1.82, 2.24) is 9.80 Å². The smallest absolute Gasteiger partial charge is 0.238 e. The predicted octanol–water partition coefficient (Wildman–Crippen LogP) is 1.79. The van der Waals surface area contributed by atoms with E-state index in [1.54, 1.807) is 18.2 Å². The first-order valence-electron chi connectivity index (χ1n) is 10.2. The molecule has 1 fully saturated rings. The summed E-state index contributed by atoms with van der Waals surface area (Å²) in [6.45, 7) is 4.33. The Labute approximate surface area is 179 Å². The Hall–Kier alpha value is -3.17. The summed E-state index contributed by atoms with van der Waals surface area (Å²) in [5, 5.41) is 5.66. The van der Waals surface area contributed by atoms with Gasteiger partial charge in [-0.3, -0.25) is 19.4 Å². The summed E-state index contributed by atoms with van der Waals surface area (Å²) in [6.07, 6.45) is 0. The highest BCUT2D eigenvalue weighted by molar-refractivity contribution is 5.93. The highest BCUT2D eigenvalue weighted by Crippen LogP contribution is 2.32. The third-order valence-electron chi connectivity index (χ3n) is 5.15. The molecular formula is C22H25FN4O4. The van der Waals surface area contributed by atoms with Crippen molar-refractivity contribution in [2.24, 2.45) is 0 Å². The normalized spacial score (nSPS) is 16.5. The lowest BCUT2D eigenvalue weighted by Gasteiger charge is -2.33. The van der Waals surface area contributed by atoms with Crippen LogP contribution >= 0.6 is 0 Å². The van der Waals surface area contributed by atoms with Crippen molar-refractivity contribution >= 4 is 23.2 Å². The largest absolute Gasteiger partial charge is 0.486 e. The second-order valence-electron chi connectivity index (χ2n) is 7.51. The van der Waals surface area contributed by atoms with Gasteiger partial charge in [0.15, 0.2) is 11.5 Å². The molecule has 0 radical (unpaired) electrons. The summed E-state index contributed by atoms with van der Waals surface area (Å²) in [6, 6.07) is 11.0. The number of nitrogens with one attached hydrogen (secondary N) is 2. The average Bonchev–Trinajstić information content (AvgIpc) is 2.76. The van der Waals surface area contributed by atoms with Gasteiger partial charge in [-0.05, 0) is 36.4 Å². The Morgan fingerprint density at radius 1 is 0.774 bits per heavy atom. The number of anilines is 2. The average molecular weight is 428 g/mol. The molecule has 4 rings (SSSR count). The fourth-order valence-corrected chi connectivity index (χ4v) is 3.57. The van der Waals surface area contributed by atoms with E-state index in [9.17, 15) is 14.0 Å². The molecule has 0 saturated carbocycles. The van der Waals surface area contributed by atoms with Crippen molar-refractivity contribution in [3.8, 4) is 11.5 Å². The van der Waals surface area contributed by atoms with Gasteiger partial charge in [0.2, 0.25) is 11.8 Å². The van der Waals surface area contributed by atoms with E-state index in [0.29, 0.717) is 62.3 Å². The number of nitrogens with zero attached hydrogens (tertiary/aromatic N) is 2. The molecule has 0 atom stereocenters. The van der Waals surface area contributed by atoms with Crippen molar-refractivity contribution in [2.75, 3.05) is 63.1 Å². The Morgan fingerprint density at radius 2 is 1.29 bits per heavy atom. The first-order chi connectivity index (χ1) is 15.0. The van der Waals surface area contributed by atoms with Crippen LogP contribution in [0.3, 0.4) is 0 Å². The fourth-order valence-electron chi connectivity index (χ4n) is 3.57. The summed E-state index contributed by atoms with van der Waals surface area (Å²) in [4.78, 5) is 28.7. The molecule has 0 unspecified atom stereocenters. The van der Waals surface area contributed by atoms with Crippen LogP contribution in [0.25, 0.3) is 0 Å². The van der Waals surface area contributed by atoms with E-state index >= 15 is 0 Å². The lowest BCUT2D eigenvalue weighted by Crippen LogP contribution is -2.50. The molecule has 2 aliphatic heterocycles. The van der Waals surface area contributed by atoms with Gasteiger partial charge in [-0.25, -0.2) is 4.39 Å². The number of piperazine rings is 1.